The van der Waals surface area contributed by atoms with E-state index in [2.05, 4.69) is 5.32 Å². The molecule has 4 atom stereocenters. The zero-order valence-corrected chi connectivity index (χ0v) is 18.1. The maximum Gasteiger partial charge on any atom is 0.230 e. The number of likely N-dealkylation sites (tertiary alicyclic amines) is 1. The average molecular weight is 437 g/mol. The molecule has 31 heavy (non-hydrogen) atoms. The van der Waals surface area contributed by atoms with Gasteiger partial charge in [-0.2, -0.15) is 0 Å². The van der Waals surface area contributed by atoms with Crippen LogP contribution in [0.3, 0.4) is 0 Å². The van der Waals surface area contributed by atoms with Crippen molar-refractivity contribution in [3.63, 3.8) is 0 Å². The van der Waals surface area contributed by atoms with E-state index in [1.807, 2.05) is 78.6 Å². The summed E-state index contributed by atoms with van der Waals surface area (Å²) in [5.41, 5.74) is 0.714. The highest BCUT2D eigenvalue weighted by atomic mass is 35.5. The van der Waals surface area contributed by atoms with Crippen molar-refractivity contribution < 1.29 is 14.3 Å². The smallest absolute Gasteiger partial charge is 0.230 e. The van der Waals surface area contributed by atoms with Gasteiger partial charge < -0.3 is 15.0 Å². The fraction of sp³-hybridized carbons (Fsp3) is 0.360. The van der Waals surface area contributed by atoms with E-state index in [0.717, 1.165) is 11.1 Å². The van der Waals surface area contributed by atoms with Crippen molar-refractivity contribution in [2.45, 2.75) is 31.1 Å². The van der Waals surface area contributed by atoms with E-state index in [4.69, 9.17) is 16.3 Å². The van der Waals surface area contributed by atoms with Crippen LogP contribution in [0.2, 0.25) is 5.02 Å². The van der Waals surface area contributed by atoms with Crippen LogP contribution in [-0.4, -0.2) is 41.0 Å². The van der Waals surface area contributed by atoms with Crippen LogP contribution in [0.15, 0.2) is 66.7 Å². The summed E-state index contributed by atoms with van der Waals surface area (Å²) in [6.07, 6.45) is 4.66. The number of amides is 2. The Morgan fingerprint density at radius 1 is 1.13 bits per heavy atom. The molecule has 2 amide bonds. The lowest BCUT2D eigenvalue weighted by molar-refractivity contribution is -0.139. The first-order chi connectivity index (χ1) is 14.9. The van der Waals surface area contributed by atoms with Crippen LogP contribution >= 0.6 is 11.6 Å². The summed E-state index contributed by atoms with van der Waals surface area (Å²) in [4.78, 5) is 28.4. The Labute approximate surface area is 187 Å². The van der Waals surface area contributed by atoms with Gasteiger partial charge in [-0.3, -0.25) is 9.59 Å². The monoisotopic (exact) mass is 436 g/mol. The summed E-state index contributed by atoms with van der Waals surface area (Å²) in [7, 11) is 0. The lowest BCUT2D eigenvalue weighted by Crippen LogP contribution is -2.48. The average Bonchev–Trinajstić information content (AvgIpc) is 3.32. The Morgan fingerprint density at radius 3 is 2.61 bits per heavy atom. The van der Waals surface area contributed by atoms with Crippen LogP contribution in [0, 0.1) is 11.8 Å². The molecule has 0 saturated carbocycles. The highest BCUT2D eigenvalue weighted by Crippen LogP contribution is 2.57. The molecule has 3 aliphatic rings. The molecule has 5 nitrogen and oxygen atoms in total. The number of rotatable bonds is 6. The third kappa shape index (κ3) is 3.46. The molecule has 0 aliphatic carbocycles. The van der Waals surface area contributed by atoms with Gasteiger partial charge in [-0.05, 0) is 36.6 Å². The van der Waals surface area contributed by atoms with Gasteiger partial charge in [0.15, 0.2) is 0 Å². The highest BCUT2D eigenvalue weighted by Gasteiger charge is 2.71. The minimum atomic E-state index is -0.747. The SMILES string of the molecule is C[C@@]12C=C[C@@]3(CN(Cc4ccccc4)C(=O)[C@H]3[C@H]1C(=O)NCCc1ccc(Cl)cc1)O2. The molecule has 2 aromatic rings. The van der Waals surface area contributed by atoms with E-state index < -0.39 is 23.0 Å². The number of hydrogen-bond donors (Lipinski definition) is 1. The maximum atomic E-state index is 13.4. The lowest BCUT2D eigenvalue weighted by atomic mass is 9.72. The molecule has 1 N–H and O–H groups in total. The summed E-state index contributed by atoms with van der Waals surface area (Å²) in [6.45, 7) is 3.41. The van der Waals surface area contributed by atoms with Crippen molar-refractivity contribution in [2.24, 2.45) is 11.8 Å². The minimum Gasteiger partial charge on any atom is -0.357 e. The molecule has 3 aliphatic heterocycles. The molecule has 0 aromatic heterocycles. The van der Waals surface area contributed by atoms with E-state index >= 15 is 0 Å². The van der Waals surface area contributed by atoms with E-state index in [0.29, 0.717) is 31.1 Å². The van der Waals surface area contributed by atoms with E-state index in [-0.39, 0.29) is 11.8 Å². The summed E-state index contributed by atoms with van der Waals surface area (Å²) in [5, 5.41) is 3.73. The van der Waals surface area contributed by atoms with Crippen LogP contribution in [-0.2, 0) is 27.3 Å². The molecule has 2 aromatic carbocycles. The maximum absolute atomic E-state index is 13.4. The van der Waals surface area contributed by atoms with Gasteiger partial charge in [-0.15, -0.1) is 0 Å². The first-order valence-electron chi connectivity index (χ1n) is 10.7. The zero-order valence-electron chi connectivity index (χ0n) is 17.4. The standard InChI is InChI=1S/C25H25ClN2O3/c1-24-12-13-25(31-24)16-28(15-18-5-3-2-4-6-18)23(30)21(25)20(24)22(29)27-14-11-17-7-9-19(26)10-8-17/h2-10,12-13,20-21H,11,14-16H2,1H3,(H,27,29)/t20-,21+,24+,25-/m0/s1. The normalized spacial score (nSPS) is 30.6. The predicted octanol–water partition coefficient (Wildman–Crippen LogP) is 3.37. The van der Waals surface area contributed by atoms with Gasteiger partial charge in [0, 0.05) is 18.1 Å². The van der Waals surface area contributed by atoms with Crippen molar-refractivity contribution in [3.05, 3.63) is 82.9 Å². The molecule has 2 fully saturated rings. The molecular weight excluding hydrogens is 412 g/mol. The quantitative estimate of drug-likeness (QED) is 0.706. The number of carbonyl (C=O) groups is 2. The number of ether oxygens (including phenoxy) is 1. The number of hydrogen-bond acceptors (Lipinski definition) is 3. The fourth-order valence-electron chi connectivity index (χ4n) is 5.28. The van der Waals surface area contributed by atoms with Crippen molar-refractivity contribution in [3.8, 4) is 0 Å². The molecule has 5 rings (SSSR count). The Balaban J connectivity index is 1.30. The van der Waals surface area contributed by atoms with Crippen molar-refractivity contribution in [1.29, 1.82) is 0 Å². The van der Waals surface area contributed by atoms with Crippen LogP contribution in [0.4, 0.5) is 0 Å². The predicted molar refractivity (Wildman–Crippen MR) is 118 cm³/mol. The van der Waals surface area contributed by atoms with Crippen LogP contribution in [0.5, 0.6) is 0 Å². The minimum absolute atomic E-state index is 0.00483. The zero-order chi connectivity index (χ0) is 21.6. The summed E-state index contributed by atoms with van der Waals surface area (Å²) in [6, 6.07) is 17.5. The molecule has 2 bridgehead atoms. The largest absolute Gasteiger partial charge is 0.357 e. The third-order valence-corrected chi connectivity index (χ3v) is 6.98. The van der Waals surface area contributed by atoms with Gasteiger partial charge in [0.25, 0.3) is 0 Å². The number of nitrogens with zero attached hydrogens (tertiary/aromatic N) is 1. The lowest BCUT2D eigenvalue weighted by Gasteiger charge is -2.29. The third-order valence-electron chi connectivity index (χ3n) is 6.72. The molecule has 1 spiro atoms. The van der Waals surface area contributed by atoms with E-state index in [1.54, 1.807) is 0 Å². The van der Waals surface area contributed by atoms with Gasteiger partial charge >= 0.3 is 0 Å². The second kappa shape index (κ2) is 7.50. The number of benzene rings is 2. The van der Waals surface area contributed by atoms with Crippen molar-refractivity contribution in [1.82, 2.24) is 10.2 Å². The molecule has 0 unspecified atom stereocenters. The second-order valence-electron chi connectivity index (χ2n) is 8.88. The van der Waals surface area contributed by atoms with Gasteiger partial charge in [0.1, 0.15) is 5.60 Å². The van der Waals surface area contributed by atoms with Gasteiger partial charge in [0.05, 0.1) is 24.0 Å². The van der Waals surface area contributed by atoms with Gasteiger partial charge in [0.2, 0.25) is 11.8 Å². The molecule has 160 valence electrons. The Hall–Kier alpha value is -2.63. The van der Waals surface area contributed by atoms with Crippen LogP contribution in [0.1, 0.15) is 18.1 Å². The summed E-state index contributed by atoms with van der Waals surface area (Å²) < 4.78 is 6.37. The Bertz CT molecular complexity index is 1040. The van der Waals surface area contributed by atoms with E-state index in [1.165, 1.54) is 0 Å². The van der Waals surface area contributed by atoms with Crippen molar-refractivity contribution >= 4 is 23.4 Å². The Kier molecular flexibility index (Phi) is 4.91. The summed E-state index contributed by atoms with van der Waals surface area (Å²) in [5.74, 6) is -1.14. The van der Waals surface area contributed by atoms with Gasteiger partial charge in [-0.25, -0.2) is 0 Å². The first kappa shape index (κ1) is 20.3. The first-order valence-corrected chi connectivity index (χ1v) is 11.0. The summed E-state index contributed by atoms with van der Waals surface area (Å²) >= 11 is 5.94. The number of halogens is 1. The van der Waals surface area contributed by atoms with Crippen LogP contribution in [0.25, 0.3) is 0 Å². The molecule has 6 heteroatoms. The topological polar surface area (TPSA) is 58.6 Å². The van der Waals surface area contributed by atoms with Crippen LogP contribution < -0.4 is 5.32 Å². The molecule has 0 radical (unpaired) electrons. The molecule has 2 saturated heterocycles. The van der Waals surface area contributed by atoms with E-state index in [9.17, 15) is 9.59 Å². The number of fused-ring (bicyclic) bond motifs is 1. The number of carbonyl (C=O) groups excluding carboxylic acids is 2. The molecular formula is C25H25ClN2O3. The highest BCUT2D eigenvalue weighted by molar-refractivity contribution is 6.30. The van der Waals surface area contributed by atoms with Crippen molar-refractivity contribution in [2.75, 3.05) is 13.1 Å². The Morgan fingerprint density at radius 2 is 1.87 bits per heavy atom. The fourth-order valence-corrected chi connectivity index (χ4v) is 5.41. The van der Waals surface area contributed by atoms with Gasteiger partial charge in [-0.1, -0.05) is 66.2 Å². The second-order valence-corrected chi connectivity index (χ2v) is 9.31. The number of nitrogens with one attached hydrogen (secondary N) is 1. The molecule has 3 heterocycles.